The second kappa shape index (κ2) is 9.70. The monoisotopic (exact) mass is 449 g/mol. The van der Waals surface area contributed by atoms with Gasteiger partial charge < -0.3 is 9.64 Å². The fourth-order valence-electron chi connectivity index (χ4n) is 4.63. The summed E-state index contributed by atoms with van der Waals surface area (Å²) in [4.78, 5) is 24.4. The zero-order chi connectivity index (χ0) is 22.7. The van der Waals surface area contributed by atoms with Crippen LogP contribution < -0.4 is 4.74 Å². The van der Waals surface area contributed by atoms with Gasteiger partial charge in [-0.2, -0.15) is 0 Å². The summed E-state index contributed by atoms with van der Waals surface area (Å²) in [5, 5.41) is 0.672. The summed E-state index contributed by atoms with van der Waals surface area (Å²) >= 11 is 5.98. The number of rotatable bonds is 6. The summed E-state index contributed by atoms with van der Waals surface area (Å²) < 4.78 is 6.05. The molecule has 1 atom stereocenters. The average molecular weight is 450 g/mol. The molecule has 32 heavy (non-hydrogen) atoms. The molecular formula is C26H28ClN3O2. The number of carbonyl (C=O) groups excluding carboxylic acids is 1. The Bertz CT molecular complexity index is 1060. The first-order valence-corrected chi connectivity index (χ1v) is 11.4. The van der Waals surface area contributed by atoms with E-state index in [-0.39, 0.29) is 18.0 Å². The number of carbonyl (C=O) groups is 1. The van der Waals surface area contributed by atoms with Crippen LogP contribution in [0.5, 0.6) is 5.75 Å². The third-order valence-electron chi connectivity index (χ3n) is 6.24. The molecule has 0 N–H and O–H groups in total. The van der Waals surface area contributed by atoms with Crippen LogP contribution in [0.3, 0.4) is 0 Å². The quantitative estimate of drug-likeness (QED) is 0.419. The molecule has 0 aromatic heterocycles. The molecule has 5 nitrogen and oxygen atoms in total. The fourth-order valence-corrected chi connectivity index (χ4v) is 4.76. The number of amidine groups is 1. The standard InChI is InChI=1S/C26H28ClN3O2/c1-4-11-29-25(28-3)23-10-5-17(2)12-24(23)26(31)30-20-13-18(14-20)15-21(30)16-32-22-8-6-19(27)7-9-22/h4-12,18,20-21H,3,13-16H2,1-2H3/b11-4-,29-25?. The van der Waals surface area contributed by atoms with Crippen LogP contribution in [-0.4, -0.2) is 42.1 Å². The highest BCUT2D eigenvalue weighted by molar-refractivity contribution is 6.30. The van der Waals surface area contributed by atoms with E-state index in [1.807, 2.05) is 67.3 Å². The van der Waals surface area contributed by atoms with Crippen LogP contribution in [0.2, 0.25) is 5.02 Å². The number of aliphatic imine (C=N–C) groups is 2. The van der Waals surface area contributed by atoms with Crippen LogP contribution in [0.4, 0.5) is 0 Å². The van der Waals surface area contributed by atoms with Gasteiger partial charge in [-0.15, -0.1) is 0 Å². The molecule has 0 spiro atoms. The highest BCUT2D eigenvalue weighted by atomic mass is 35.5. The van der Waals surface area contributed by atoms with E-state index in [4.69, 9.17) is 16.3 Å². The molecule has 2 aliphatic heterocycles. The van der Waals surface area contributed by atoms with E-state index in [0.717, 1.165) is 30.6 Å². The molecule has 0 radical (unpaired) electrons. The van der Waals surface area contributed by atoms with Gasteiger partial charge in [0, 0.05) is 22.8 Å². The lowest BCUT2D eigenvalue weighted by atomic mass is 9.70. The first-order chi connectivity index (χ1) is 15.5. The molecule has 3 aliphatic rings. The zero-order valence-electron chi connectivity index (χ0n) is 18.5. The van der Waals surface area contributed by atoms with Gasteiger partial charge in [0.05, 0.1) is 11.6 Å². The predicted octanol–water partition coefficient (Wildman–Crippen LogP) is 5.70. The molecule has 2 heterocycles. The highest BCUT2D eigenvalue weighted by Gasteiger charge is 2.47. The first-order valence-electron chi connectivity index (χ1n) is 11.0. The number of halogens is 1. The van der Waals surface area contributed by atoms with Crippen LogP contribution >= 0.6 is 11.6 Å². The summed E-state index contributed by atoms with van der Waals surface area (Å²) in [6, 6.07) is 13.4. The van der Waals surface area contributed by atoms with Gasteiger partial charge in [-0.05, 0) is 76.1 Å². The normalized spacial score (nSPS) is 22.5. The van der Waals surface area contributed by atoms with E-state index in [1.54, 1.807) is 6.20 Å². The Balaban J connectivity index is 1.62. The molecule has 2 bridgehead atoms. The predicted molar refractivity (Wildman–Crippen MR) is 130 cm³/mol. The minimum atomic E-state index is 0.00776. The fraction of sp³-hybridized carbons (Fsp3) is 0.346. The van der Waals surface area contributed by atoms with Gasteiger partial charge in [0.15, 0.2) is 5.84 Å². The Morgan fingerprint density at radius 2 is 1.94 bits per heavy atom. The number of piperidine rings is 2. The van der Waals surface area contributed by atoms with E-state index in [1.165, 1.54) is 0 Å². The van der Waals surface area contributed by atoms with Crippen LogP contribution in [0.1, 0.15) is 47.7 Å². The van der Waals surface area contributed by atoms with E-state index < -0.39 is 0 Å². The van der Waals surface area contributed by atoms with Crippen molar-refractivity contribution in [3.05, 3.63) is 76.5 Å². The maximum atomic E-state index is 13.9. The summed E-state index contributed by atoms with van der Waals surface area (Å²) in [6.07, 6.45) is 6.56. The number of amides is 1. The van der Waals surface area contributed by atoms with Crippen molar-refractivity contribution in [2.24, 2.45) is 15.9 Å². The van der Waals surface area contributed by atoms with Crippen molar-refractivity contribution in [2.75, 3.05) is 6.61 Å². The van der Waals surface area contributed by atoms with Gasteiger partial charge in [-0.25, -0.2) is 9.98 Å². The largest absolute Gasteiger partial charge is 0.491 e. The third kappa shape index (κ3) is 4.63. The Morgan fingerprint density at radius 3 is 2.62 bits per heavy atom. The summed E-state index contributed by atoms with van der Waals surface area (Å²) in [5.41, 5.74) is 2.33. The van der Waals surface area contributed by atoms with Crippen LogP contribution in [0, 0.1) is 12.8 Å². The van der Waals surface area contributed by atoms with Gasteiger partial charge >= 0.3 is 0 Å². The second-order valence-corrected chi connectivity index (χ2v) is 8.94. The topological polar surface area (TPSA) is 54.3 Å². The number of fused-ring (bicyclic) bond motifs is 2. The molecule has 3 fully saturated rings. The molecule has 6 heteroatoms. The van der Waals surface area contributed by atoms with Crippen LogP contribution in [0.25, 0.3) is 0 Å². The van der Waals surface area contributed by atoms with Crippen molar-refractivity contribution in [3.8, 4) is 5.75 Å². The van der Waals surface area contributed by atoms with Crippen LogP contribution in [0.15, 0.2) is 64.7 Å². The molecule has 2 saturated heterocycles. The van der Waals surface area contributed by atoms with Crippen molar-refractivity contribution >= 4 is 30.1 Å². The molecule has 2 aromatic carbocycles. The van der Waals surface area contributed by atoms with E-state index in [0.29, 0.717) is 34.5 Å². The number of benzene rings is 2. The molecule has 2 aromatic rings. The minimum absolute atomic E-state index is 0.00776. The minimum Gasteiger partial charge on any atom is -0.491 e. The number of nitrogens with zero attached hydrogens (tertiary/aromatic N) is 3. The van der Waals surface area contributed by atoms with Crippen LogP contribution in [-0.2, 0) is 0 Å². The summed E-state index contributed by atoms with van der Waals surface area (Å²) in [6.45, 7) is 8.00. The van der Waals surface area contributed by atoms with E-state index in [9.17, 15) is 4.79 Å². The molecule has 5 rings (SSSR count). The molecule has 1 aliphatic carbocycles. The van der Waals surface area contributed by atoms with Gasteiger partial charge in [-0.1, -0.05) is 35.4 Å². The number of aryl methyl sites for hydroxylation is 1. The number of hydrogen-bond acceptors (Lipinski definition) is 3. The maximum Gasteiger partial charge on any atom is 0.255 e. The van der Waals surface area contributed by atoms with Gasteiger partial charge in [0.1, 0.15) is 12.4 Å². The number of hydrogen-bond donors (Lipinski definition) is 0. The van der Waals surface area contributed by atoms with E-state index in [2.05, 4.69) is 16.7 Å². The average Bonchev–Trinajstić information content (AvgIpc) is 2.78. The molecular weight excluding hydrogens is 422 g/mol. The first kappa shape index (κ1) is 22.3. The number of allylic oxidation sites excluding steroid dienone is 1. The highest BCUT2D eigenvalue weighted by Crippen LogP contribution is 2.43. The van der Waals surface area contributed by atoms with E-state index >= 15 is 0 Å². The zero-order valence-corrected chi connectivity index (χ0v) is 19.3. The van der Waals surface area contributed by atoms with Crippen molar-refractivity contribution in [1.82, 2.24) is 4.90 Å². The second-order valence-electron chi connectivity index (χ2n) is 8.50. The van der Waals surface area contributed by atoms with Gasteiger partial charge in [0.2, 0.25) is 0 Å². The number of ether oxygens (including phenoxy) is 1. The smallest absolute Gasteiger partial charge is 0.255 e. The van der Waals surface area contributed by atoms with Crippen molar-refractivity contribution < 1.29 is 9.53 Å². The SMILES string of the molecule is C=NC(=N/C=C\C)c1ccc(C)cc1C(=O)N1C(COc2ccc(Cl)cc2)CC2CC1C2. The Hall–Kier alpha value is -2.92. The summed E-state index contributed by atoms with van der Waals surface area (Å²) in [5.74, 6) is 1.88. The molecule has 166 valence electrons. The maximum absolute atomic E-state index is 13.9. The Kier molecular flexibility index (Phi) is 6.75. The van der Waals surface area contributed by atoms with Crippen molar-refractivity contribution in [3.63, 3.8) is 0 Å². The molecule has 1 unspecified atom stereocenters. The van der Waals surface area contributed by atoms with Crippen molar-refractivity contribution in [2.45, 2.75) is 45.2 Å². The lowest BCUT2D eigenvalue weighted by Gasteiger charge is -2.53. The molecule has 1 saturated carbocycles. The van der Waals surface area contributed by atoms with Gasteiger partial charge in [-0.3, -0.25) is 4.79 Å². The van der Waals surface area contributed by atoms with Crippen molar-refractivity contribution in [1.29, 1.82) is 0 Å². The lowest BCUT2D eigenvalue weighted by molar-refractivity contribution is -0.0306. The Labute approximate surface area is 194 Å². The third-order valence-corrected chi connectivity index (χ3v) is 6.49. The summed E-state index contributed by atoms with van der Waals surface area (Å²) in [7, 11) is 0. The van der Waals surface area contributed by atoms with Gasteiger partial charge in [0.25, 0.3) is 5.91 Å². The lowest BCUT2D eigenvalue weighted by Crippen LogP contribution is -2.60. The Morgan fingerprint density at radius 1 is 1.19 bits per heavy atom. The molecule has 1 amide bonds.